The number of nitrogens with zero attached hydrogens (tertiary/aromatic N) is 3. The van der Waals surface area contributed by atoms with Crippen molar-refractivity contribution in [2.24, 2.45) is 0 Å². The van der Waals surface area contributed by atoms with E-state index in [0.29, 0.717) is 26.9 Å². The molecular formula is C27H24Cl2F3N3O3S3. The molecule has 6 nitrogen and oxygen atoms in total. The molecule has 0 aliphatic rings. The Labute approximate surface area is 253 Å². The summed E-state index contributed by atoms with van der Waals surface area (Å²) in [6, 6.07) is 8.48. The topological polar surface area (TPSA) is 81.9 Å². The molecule has 0 bridgehead atoms. The molecule has 4 rings (SSSR count). The van der Waals surface area contributed by atoms with Crippen LogP contribution in [0, 0.1) is 13.8 Å². The third-order valence-electron chi connectivity index (χ3n) is 5.71. The van der Waals surface area contributed by atoms with E-state index in [9.17, 15) is 26.4 Å². The van der Waals surface area contributed by atoms with Gasteiger partial charge < -0.3 is 0 Å². The Hall–Kier alpha value is -2.38. The zero-order valence-electron chi connectivity index (χ0n) is 22.4. The average molecular weight is 663 g/mol. The lowest BCUT2D eigenvalue weighted by Gasteiger charge is -2.12. The molecule has 0 N–H and O–H groups in total. The van der Waals surface area contributed by atoms with Crippen LogP contribution in [0.5, 0.6) is 0 Å². The highest BCUT2D eigenvalue weighted by Gasteiger charge is 2.33. The number of thiazole rings is 1. The van der Waals surface area contributed by atoms with Gasteiger partial charge in [0.05, 0.1) is 31.2 Å². The minimum Gasteiger partial charge on any atom is -0.291 e. The van der Waals surface area contributed by atoms with E-state index in [2.05, 4.69) is 5.10 Å². The molecule has 0 saturated carbocycles. The summed E-state index contributed by atoms with van der Waals surface area (Å²) in [5.74, 6) is -1.68. The number of aryl methyl sites for hydroxylation is 2. The van der Waals surface area contributed by atoms with Crippen LogP contribution in [0.15, 0.2) is 40.6 Å². The van der Waals surface area contributed by atoms with Gasteiger partial charge in [-0.3, -0.25) is 4.79 Å². The summed E-state index contributed by atoms with van der Waals surface area (Å²) in [7, 11) is -3.79. The SMILES string of the molecule is Cc1cc(-c2c(C)nn(-c3nc(-c4ccc(Cl)c(Cl)c4)c(SC(C)C)s3)c2C(=O)CS(C)(=O)=O)cc(C(F)(F)F)c1. The minimum absolute atomic E-state index is 0.0935. The van der Waals surface area contributed by atoms with Crippen LogP contribution < -0.4 is 0 Å². The van der Waals surface area contributed by atoms with Gasteiger partial charge in [-0.2, -0.15) is 18.3 Å². The Bertz CT molecular complexity index is 1760. The second-order valence-electron chi connectivity index (χ2n) is 9.73. The van der Waals surface area contributed by atoms with Crippen molar-refractivity contribution in [3.05, 3.63) is 69.0 Å². The van der Waals surface area contributed by atoms with Crippen molar-refractivity contribution < 1.29 is 26.4 Å². The summed E-state index contributed by atoms with van der Waals surface area (Å²) in [4.78, 5) is 18.3. The number of ketones is 1. The molecular weight excluding hydrogens is 638 g/mol. The van der Waals surface area contributed by atoms with E-state index >= 15 is 0 Å². The summed E-state index contributed by atoms with van der Waals surface area (Å²) in [6.07, 6.45) is -3.72. The van der Waals surface area contributed by atoms with E-state index in [0.717, 1.165) is 22.6 Å². The van der Waals surface area contributed by atoms with Gasteiger partial charge in [0, 0.05) is 22.6 Å². The number of aromatic nitrogens is 3. The van der Waals surface area contributed by atoms with Gasteiger partial charge >= 0.3 is 6.18 Å². The van der Waals surface area contributed by atoms with Crippen LogP contribution in [0.25, 0.3) is 27.5 Å². The van der Waals surface area contributed by atoms with E-state index in [-0.39, 0.29) is 32.9 Å². The first kappa shape index (κ1) is 31.6. The van der Waals surface area contributed by atoms with Gasteiger partial charge in [0.1, 0.15) is 11.4 Å². The smallest absolute Gasteiger partial charge is 0.291 e. The van der Waals surface area contributed by atoms with Crippen LogP contribution in [-0.2, 0) is 16.0 Å². The quantitative estimate of drug-likeness (QED) is 0.139. The molecule has 2 heterocycles. The molecule has 14 heteroatoms. The van der Waals surface area contributed by atoms with Gasteiger partial charge in [-0.1, -0.05) is 60.5 Å². The first-order chi connectivity index (χ1) is 18.9. The molecule has 0 aliphatic carbocycles. The normalized spacial score (nSPS) is 12.4. The Kier molecular flexibility index (Phi) is 9.02. The van der Waals surface area contributed by atoms with E-state index in [4.69, 9.17) is 28.2 Å². The van der Waals surface area contributed by atoms with Crippen LogP contribution in [0.3, 0.4) is 0 Å². The highest BCUT2D eigenvalue weighted by Crippen LogP contribution is 2.42. The molecule has 0 aliphatic heterocycles. The number of thioether (sulfide) groups is 1. The fourth-order valence-electron chi connectivity index (χ4n) is 4.17. The average Bonchev–Trinajstić information content (AvgIpc) is 3.39. The number of carbonyl (C=O) groups excluding carboxylic acids is 1. The number of sulfone groups is 1. The lowest BCUT2D eigenvalue weighted by molar-refractivity contribution is -0.137. The second-order valence-corrected chi connectivity index (χ2v) is 15.5. The van der Waals surface area contributed by atoms with Gasteiger partial charge in [0.15, 0.2) is 15.6 Å². The predicted molar refractivity (Wildman–Crippen MR) is 160 cm³/mol. The van der Waals surface area contributed by atoms with Crippen LogP contribution in [0.2, 0.25) is 10.0 Å². The zero-order chi connectivity index (χ0) is 30.4. The molecule has 0 unspecified atom stereocenters. The van der Waals surface area contributed by atoms with Crippen molar-refractivity contribution in [2.45, 2.75) is 43.3 Å². The molecule has 0 radical (unpaired) electrons. The van der Waals surface area contributed by atoms with E-state index in [1.54, 1.807) is 25.1 Å². The Balaban J connectivity index is 2.01. The maximum Gasteiger partial charge on any atom is 0.416 e. The van der Waals surface area contributed by atoms with Gasteiger partial charge in [-0.15, -0.1) is 11.8 Å². The summed E-state index contributed by atoms with van der Waals surface area (Å²) in [5, 5.41) is 5.57. The Morgan fingerprint density at radius 3 is 2.34 bits per heavy atom. The highest BCUT2D eigenvalue weighted by atomic mass is 35.5. The number of halogens is 5. The van der Waals surface area contributed by atoms with Crippen LogP contribution >= 0.6 is 46.3 Å². The van der Waals surface area contributed by atoms with Crippen molar-refractivity contribution in [3.8, 4) is 27.5 Å². The van der Waals surface area contributed by atoms with Gasteiger partial charge in [0.25, 0.3) is 0 Å². The molecule has 2 aromatic carbocycles. The third kappa shape index (κ3) is 7.16. The number of hydrogen-bond acceptors (Lipinski definition) is 7. The molecule has 0 saturated heterocycles. The standard InChI is InChI=1S/C27H24Cl2F3N3O3S3/c1-13(2)39-25-23(16-6-7-19(28)20(29)11-16)33-26(40-25)35-24(21(36)12-41(5,37)38)22(15(4)34-35)17-8-14(3)9-18(10-17)27(30,31)32/h6-11,13H,12H2,1-5H3. The van der Waals surface area contributed by atoms with Crippen molar-refractivity contribution in [2.75, 3.05) is 12.0 Å². The number of carbonyl (C=O) groups is 1. The number of rotatable bonds is 8. The lowest BCUT2D eigenvalue weighted by Crippen LogP contribution is -2.19. The van der Waals surface area contributed by atoms with E-state index in [1.807, 2.05) is 13.8 Å². The Morgan fingerprint density at radius 1 is 1.07 bits per heavy atom. The second kappa shape index (κ2) is 11.7. The largest absolute Gasteiger partial charge is 0.416 e. The number of hydrogen-bond donors (Lipinski definition) is 0. The molecule has 0 atom stereocenters. The molecule has 0 fully saturated rings. The van der Waals surface area contributed by atoms with Crippen molar-refractivity contribution >= 4 is 61.9 Å². The van der Waals surface area contributed by atoms with Gasteiger partial charge in [0.2, 0.25) is 5.13 Å². The highest BCUT2D eigenvalue weighted by molar-refractivity contribution is 8.01. The van der Waals surface area contributed by atoms with Crippen LogP contribution in [-0.4, -0.2) is 46.2 Å². The Morgan fingerprint density at radius 2 is 1.76 bits per heavy atom. The summed E-state index contributed by atoms with van der Waals surface area (Å²) in [5.41, 5.74) is 0.906. The van der Waals surface area contributed by atoms with E-state index < -0.39 is 33.1 Å². The van der Waals surface area contributed by atoms with Crippen molar-refractivity contribution in [3.63, 3.8) is 0 Å². The van der Waals surface area contributed by atoms with E-state index in [1.165, 1.54) is 40.8 Å². The van der Waals surface area contributed by atoms with Crippen molar-refractivity contribution in [1.29, 1.82) is 0 Å². The van der Waals surface area contributed by atoms with Gasteiger partial charge in [-0.25, -0.2) is 18.1 Å². The van der Waals surface area contributed by atoms with Gasteiger partial charge in [-0.05, 0) is 49.2 Å². The fourth-order valence-corrected chi connectivity index (χ4v) is 7.56. The number of alkyl halides is 3. The molecule has 218 valence electrons. The minimum atomic E-state index is -4.63. The molecule has 2 aromatic heterocycles. The fraction of sp³-hybridized carbons (Fsp3) is 0.296. The molecule has 4 aromatic rings. The monoisotopic (exact) mass is 661 g/mol. The first-order valence-corrected chi connectivity index (χ1v) is 16.6. The molecule has 0 spiro atoms. The predicted octanol–water partition coefficient (Wildman–Crippen LogP) is 8.33. The number of benzene rings is 2. The zero-order valence-corrected chi connectivity index (χ0v) is 26.4. The summed E-state index contributed by atoms with van der Waals surface area (Å²) >= 11 is 15.1. The summed E-state index contributed by atoms with van der Waals surface area (Å²) < 4.78 is 67.3. The lowest BCUT2D eigenvalue weighted by atomic mass is 9.97. The van der Waals surface area contributed by atoms with Crippen LogP contribution in [0.4, 0.5) is 13.2 Å². The van der Waals surface area contributed by atoms with Crippen LogP contribution in [0.1, 0.15) is 41.2 Å². The summed E-state index contributed by atoms with van der Waals surface area (Å²) in [6.45, 7) is 7.05. The molecule has 41 heavy (non-hydrogen) atoms. The van der Waals surface area contributed by atoms with Crippen molar-refractivity contribution in [1.82, 2.24) is 14.8 Å². The maximum absolute atomic E-state index is 13.7. The maximum atomic E-state index is 13.7. The third-order valence-corrected chi connectivity index (χ3v) is 9.48. The first-order valence-electron chi connectivity index (χ1n) is 12.1. The number of Topliss-reactive ketones (excluding diaryl/α,β-unsaturated/α-hetero) is 1. The molecule has 0 amide bonds.